The molecule has 1 saturated heterocycles. The summed E-state index contributed by atoms with van der Waals surface area (Å²) in [4.78, 5) is 12.5. The Labute approximate surface area is 65.3 Å². The third kappa shape index (κ3) is 1.61. The van der Waals surface area contributed by atoms with E-state index in [0.29, 0.717) is 13.1 Å². The molecule has 64 valence electrons. The molecule has 0 aromatic heterocycles. The molecule has 1 fully saturated rings. The van der Waals surface area contributed by atoms with Crippen LogP contribution >= 0.6 is 0 Å². The van der Waals surface area contributed by atoms with E-state index in [9.17, 15) is 4.79 Å². The van der Waals surface area contributed by atoms with Gasteiger partial charge in [0.1, 0.15) is 0 Å². The minimum absolute atomic E-state index is 0.140. The molecule has 1 heterocycles. The first-order valence-electron chi connectivity index (χ1n) is 3.39. The molecule has 2 amide bonds. The highest BCUT2D eigenvalue weighted by atomic mass is 16.7. The van der Waals surface area contributed by atoms with Crippen LogP contribution in [0.4, 0.5) is 4.79 Å². The van der Waals surface area contributed by atoms with Crippen molar-refractivity contribution < 1.29 is 14.3 Å². The Morgan fingerprint density at radius 1 is 1.55 bits per heavy atom. The maximum absolute atomic E-state index is 11.0. The van der Waals surface area contributed by atoms with E-state index in [1.807, 2.05) is 0 Å². The highest BCUT2D eigenvalue weighted by Gasteiger charge is 2.27. The Morgan fingerprint density at radius 3 is 2.55 bits per heavy atom. The second-order valence-corrected chi connectivity index (χ2v) is 2.20. The second kappa shape index (κ2) is 3.54. The molecule has 1 aliphatic heterocycles. The van der Waals surface area contributed by atoms with Gasteiger partial charge in [-0.15, -0.1) is 0 Å². The van der Waals surface area contributed by atoms with Gasteiger partial charge in [-0.05, 0) is 0 Å². The number of urea groups is 1. The van der Waals surface area contributed by atoms with Crippen molar-refractivity contribution in [3.05, 3.63) is 0 Å². The molecule has 11 heavy (non-hydrogen) atoms. The summed E-state index contributed by atoms with van der Waals surface area (Å²) in [5.74, 6) is 0. The van der Waals surface area contributed by atoms with Gasteiger partial charge in [0, 0.05) is 27.3 Å². The molecular weight excluding hydrogens is 148 g/mol. The molecule has 0 bridgehead atoms. The Balaban J connectivity index is 2.49. The molecule has 0 aliphatic carbocycles. The van der Waals surface area contributed by atoms with E-state index in [2.05, 4.69) is 5.32 Å². The average Bonchev–Trinajstić information content (AvgIpc) is 2.40. The Morgan fingerprint density at radius 2 is 2.18 bits per heavy atom. The number of ether oxygens (including phenoxy) is 2. The molecule has 1 N–H and O–H groups in total. The van der Waals surface area contributed by atoms with Crippen molar-refractivity contribution in [1.82, 2.24) is 10.2 Å². The zero-order valence-corrected chi connectivity index (χ0v) is 6.66. The molecule has 0 atom stereocenters. The summed E-state index contributed by atoms with van der Waals surface area (Å²) in [7, 11) is 3.00. The first kappa shape index (κ1) is 8.29. The number of nitrogens with one attached hydrogen (secondary N) is 1. The fraction of sp³-hybridized carbons (Fsp3) is 0.833. The fourth-order valence-electron chi connectivity index (χ4n) is 1.04. The van der Waals surface area contributed by atoms with Crippen molar-refractivity contribution in [2.75, 3.05) is 27.3 Å². The highest BCUT2D eigenvalue weighted by Crippen LogP contribution is 2.04. The lowest BCUT2D eigenvalue weighted by atomic mass is 10.6. The van der Waals surface area contributed by atoms with Crippen molar-refractivity contribution >= 4 is 6.03 Å². The number of methoxy groups -OCH3 is 2. The summed E-state index contributed by atoms with van der Waals surface area (Å²) in [6, 6.07) is -0.140. The number of nitrogens with zero attached hydrogens (tertiary/aromatic N) is 1. The number of carbonyl (C=O) groups excluding carboxylic acids is 1. The van der Waals surface area contributed by atoms with Crippen molar-refractivity contribution in [2.24, 2.45) is 0 Å². The highest BCUT2D eigenvalue weighted by molar-refractivity contribution is 5.76. The molecule has 0 saturated carbocycles. The van der Waals surface area contributed by atoms with Crippen LogP contribution in [0.5, 0.6) is 0 Å². The number of amides is 2. The van der Waals surface area contributed by atoms with Gasteiger partial charge >= 0.3 is 6.03 Å². The molecule has 0 spiro atoms. The van der Waals surface area contributed by atoms with Gasteiger partial charge in [0.05, 0.1) is 0 Å². The minimum Gasteiger partial charge on any atom is -0.338 e. The Hall–Kier alpha value is -0.810. The fourth-order valence-corrected chi connectivity index (χ4v) is 1.04. The summed E-state index contributed by atoms with van der Waals surface area (Å²) in [6.45, 7) is 1.28. The topological polar surface area (TPSA) is 50.8 Å². The monoisotopic (exact) mass is 160 g/mol. The quantitative estimate of drug-likeness (QED) is 0.571. The standard InChI is InChI=1S/C6H12N2O3/c1-10-6(11-2)8-4-3-7-5(8)9/h6H,3-4H2,1-2H3,(H,7,9). The lowest BCUT2D eigenvalue weighted by Gasteiger charge is -2.22. The van der Waals surface area contributed by atoms with E-state index in [1.165, 1.54) is 19.1 Å². The number of hydrogen-bond acceptors (Lipinski definition) is 3. The van der Waals surface area contributed by atoms with Crippen LogP contribution in [0.25, 0.3) is 0 Å². The van der Waals surface area contributed by atoms with Gasteiger partial charge in [-0.25, -0.2) is 4.79 Å². The molecule has 5 heteroatoms. The molecule has 0 radical (unpaired) electrons. The van der Waals surface area contributed by atoms with E-state index in [1.54, 1.807) is 0 Å². The Kier molecular flexibility index (Phi) is 2.67. The van der Waals surface area contributed by atoms with Gasteiger partial charge < -0.3 is 14.8 Å². The molecule has 0 unspecified atom stereocenters. The molecule has 0 aromatic carbocycles. The van der Waals surface area contributed by atoms with Crippen LogP contribution < -0.4 is 5.32 Å². The predicted molar refractivity (Wildman–Crippen MR) is 37.9 cm³/mol. The number of carbonyl (C=O) groups is 1. The minimum atomic E-state index is -0.558. The lowest BCUT2D eigenvalue weighted by molar-refractivity contribution is -0.172. The number of hydrogen-bond donors (Lipinski definition) is 1. The molecule has 1 rings (SSSR count). The van der Waals surface area contributed by atoms with Crippen molar-refractivity contribution in [3.8, 4) is 0 Å². The van der Waals surface area contributed by atoms with Crippen LogP contribution in [-0.4, -0.2) is 44.7 Å². The average molecular weight is 160 g/mol. The van der Waals surface area contributed by atoms with Crippen LogP contribution in [0.2, 0.25) is 0 Å². The maximum Gasteiger partial charge on any atom is 0.321 e. The first-order chi connectivity index (χ1) is 5.29. The van der Waals surface area contributed by atoms with E-state index >= 15 is 0 Å². The van der Waals surface area contributed by atoms with E-state index in [4.69, 9.17) is 9.47 Å². The zero-order chi connectivity index (χ0) is 8.27. The van der Waals surface area contributed by atoms with Gasteiger partial charge in [0.15, 0.2) is 0 Å². The normalized spacial score (nSPS) is 17.7. The zero-order valence-electron chi connectivity index (χ0n) is 6.66. The molecule has 5 nitrogen and oxygen atoms in total. The summed E-state index contributed by atoms with van der Waals surface area (Å²) in [5, 5.41) is 2.65. The molecule has 0 aromatic rings. The molecule has 1 aliphatic rings. The SMILES string of the molecule is COC(OC)N1CCNC1=O. The maximum atomic E-state index is 11.0. The largest absolute Gasteiger partial charge is 0.338 e. The van der Waals surface area contributed by atoms with Crippen LogP contribution in [0, 0.1) is 0 Å². The van der Waals surface area contributed by atoms with Crippen LogP contribution in [-0.2, 0) is 9.47 Å². The van der Waals surface area contributed by atoms with Crippen LogP contribution in [0.1, 0.15) is 0 Å². The van der Waals surface area contributed by atoms with Gasteiger partial charge in [-0.1, -0.05) is 0 Å². The van der Waals surface area contributed by atoms with Crippen LogP contribution in [0.3, 0.4) is 0 Å². The summed E-state index contributed by atoms with van der Waals surface area (Å²) >= 11 is 0. The lowest BCUT2D eigenvalue weighted by Crippen LogP contribution is -2.40. The summed E-state index contributed by atoms with van der Waals surface area (Å²) in [5.41, 5.74) is 0. The third-order valence-electron chi connectivity index (χ3n) is 1.55. The third-order valence-corrected chi connectivity index (χ3v) is 1.55. The second-order valence-electron chi connectivity index (χ2n) is 2.20. The van der Waals surface area contributed by atoms with Crippen LogP contribution in [0.15, 0.2) is 0 Å². The first-order valence-corrected chi connectivity index (χ1v) is 3.39. The van der Waals surface area contributed by atoms with E-state index < -0.39 is 6.41 Å². The molecular formula is C6H12N2O3. The Bertz CT molecular complexity index is 147. The smallest absolute Gasteiger partial charge is 0.321 e. The van der Waals surface area contributed by atoms with Crippen molar-refractivity contribution in [2.45, 2.75) is 6.41 Å². The summed E-state index contributed by atoms with van der Waals surface area (Å²) in [6.07, 6.45) is -0.558. The van der Waals surface area contributed by atoms with Crippen molar-refractivity contribution in [3.63, 3.8) is 0 Å². The van der Waals surface area contributed by atoms with E-state index in [0.717, 1.165) is 0 Å². The van der Waals surface area contributed by atoms with Crippen molar-refractivity contribution in [1.29, 1.82) is 0 Å². The van der Waals surface area contributed by atoms with E-state index in [-0.39, 0.29) is 6.03 Å². The van der Waals surface area contributed by atoms with Gasteiger partial charge in [0.2, 0.25) is 6.41 Å². The van der Waals surface area contributed by atoms with Gasteiger partial charge in [-0.3, -0.25) is 4.90 Å². The number of rotatable bonds is 3. The van der Waals surface area contributed by atoms with Gasteiger partial charge in [0.25, 0.3) is 0 Å². The summed E-state index contributed by atoms with van der Waals surface area (Å²) < 4.78 is 9.79. The van der Waals surface area contributed by atoms with Gasteiger partial charge in [-0.2, -0.15) is 0 Å². The predicted octanol–water partition coefficient (Wildman–Crippen LogP) is -0.412.